The molecule has 0 bridgehead atoms. The van der Waals surface area contributed by atoms with Crippen molar-refractivity contribution in [2.45, 2.75) is 65.0 Å². The number of nitrogens with zero attached hydrogens (tertiary/aromatic N) is 2. The minimum Gasteiger partial charge on any atom is -0.371 e. The summed E-state index contributed by atoms with van der Waals surface area (Å²) in [6.45, 7) is 6.08. The molecule has 168 valence electrons. The van der Waals surface area contributed by atoms with E-state index in [1.165, 1.54) is 38.5 Å². The fourth-order valence-electron chi connectivity index (χ4n) is 5.46. The van der Waals surface area contributed by atoms with Crippen LogP contribution >= 0.6 is 0 Å². The van der Waals surface area contributed by atoms with Gasteiger partial charge in [-0.2, -0.15) is 0 Å². The first-order valence-electron chi connectivity index (χ1n) is 11.9. The quantitative estimate of drug-likeness (QED) is 0.619. The Bertz CT molecular complexity index is 1210. The third-order valence-corrected chi connectivity index (χ3v) is 7.18. The van der Waals surface area contributed by atoms with E-state index in [0.29, 0.717) is 17.2 Å². The van der Waals surface area contributed by atoms with Crippen LogP contribution in [0.5, 0.6) is 0 Å². The Kier molecular flexibility index (Phi) is 5.53. The number of pyridine rings is 1. The number of amides is 1. The molecule has 0 atom stereocenters. The second kappa shape index (κ2) is 8.49. The normalized spacial score (nSPS) is 16.9. The third-order valence-electron chi connectivity index (χ3n) is 7.18. The molecule has 1 amide bonds. The molecule has 1 aliphatic heterocycles. The van der Waals surface area contributed by atoms with E-state index in [1.54, 1.807) is 0 Å². The molecule has 32 heavy (non-hydrogen) atoms. The van der Waals surface area contributed by atoms with Crippen LogP contribution < -0.4 is 15.8 Å². The lowest BCUT2D eigenvalue weighted by Gasteiger charge is -2.21. The minimum absolute atomic E-state index is 0.125. The van der Waals surface area contributed by atoms with Gasteiger partial charge in [-0.15, -0.1) is 0 Å². The van der Waals surface area contributed by atoms with Crippen LogP contribution in [-0.2, 0) is 6.54 Å². The van der Waals surface area contributed by atoms with Crippen molar-refractivity contribution in [2.24, 2.45) is 0 Å². The SMILES string of the molecule is Cc1cc(C)c(CNC(=O)c2cc(N3CCCC3)cc3c2ccn3C2CCCC2)c(=O)[nH]1. The summed E-state index contributed by atoms with van der Waals surface area (Å²) in [6, 6.07) is 8.85. The smallest absolute Gasteiger partial charge is 0.253 e. The molecule has 1 aliphatic carbocycles. The first kappa shape index (κ1) is 20.9. The molecule has 1 aromatic carbocycles. The van der Waals surface area contributed by atoms with Crippen LogP contribution in [0.25, 0.3) is 10.9 Å². The summed E-state index contributed by atoms with van der Waals surface area (Å²) in [5.41, 5.74) is 5.18. The van der Waals surface area contributed by atoms with E-state index >= 15 is 0 Å². The topological polar surface area (TPSA) is 70.1 Å². The lowest BCUT2D eigenvalue weighted by atomic mass is 10.1. The fraction of sp³-hybridized carbons (Fsp3) is 0.462. The Hall–Kier alpha value is -3.02. The number of anilines is 1. The standard InChI is InChI=1S/C26H32N4O2/c1-17-13-18(2)28-26(32)23(17)16-27-25(31)22-14-20(29-10-5-6-11-29)15-24-21(22)9-12-30(24)19-7-3-4-8-19/h9,12-15,19H,3-8,10-11,16H2,1-2H3,(H,27,31)(H,28,32). The Morgan fingerprint density at radius 3 is 2.56 bits per heavy atom. The second-order valence-corrected chi connectivity index (χ2v) is 9.41. The maximum absolute atomic E-state index is 13.4. The number of carbonyl (C=O) groups is 1. The van der Waals surface area contributed by atoms with E-state index in [-0.39, 0.29) is 18.0 Å². The van der Waals surface area contributed by atoms with E-state index in [9.17, 15) is 9.59 Å². The van der Waals surface area contributed by atoms with Gasteiger partial charge in [-0.05, 0) is 69.4 Å². The molecule has 0 radical (unpaired) electrons. The molecule has 3 aromatic rings. The third kappa shape index (κ3) is 3.83. The van der Waals surface area contributed by atoms with Gasteiger partial charge in [0.25, 0.3) is 11.5 Å². The molecule has 1 saturated carbocycles. The summed E-state index contributed by atoms with van der Waals surface area (Å²) < 4.78 is 2.38. The van der Waals surface area contributed by atoms with Gasteiger partial charge in [0.2, 0.25) is 0 Å². The number of hydrogen-bond acceptors (Lipinski definition) is 3. The van der Waals surface area contributed by atoms with Gasteiger partial charge in [0.1, 0.15) is 0 Å². The fourth-order valence-corrected chi connectivity index (χ4v) is 5.46. The highest BCUT2D eigenvalue weighted by Gasteiger charge is 2.23. The van der Waals surface area contributed by atoms with Crippen molar-refractivity contribution < 1.29 is 4.79 Å². The monoisotopic (exact) mass is 432 g/mol. The van der Waals surface area contributed by atoms with Gasteiger partial charge >= 0.3 is 0 Å². The number of H-pyrrole nitrogens is 1. The lowest BCUT2D eigenvalue weighted by molar-refractivity contribution is 0.0952. The molecule has 0 spiro atoms. The van der Waals surface area contributed by atoms with Crippen LogP contribution in [-0.4, -0.2) is 28.5 Å². The summed E-state index contributed by atoms with van der Waals surface area (Å²) in [5.74, 6) is -0.125. The zero-order valence-corrected chi connectivity index (χ0v) is 19.0. The average molecular weight is 433 g/mol. The first-order valence-corrected chi connectivity index (χ1v) is 11.9. The average Bonchev–Trinajstić information content (AvgIpc) is 3.53. The van der Waals surface area contributed by atoms with Crippen molar-refractivity contribution in [3.8, 4) is 0 Å². The highest BCUT2D eigenvalue weighted by atomic mass is 16.1. The number of aryl methyl sites for hydroxylation is 2. The van der Waals surface area contributed by atoms with E-state index in [4.69, 9.17) is 0 Å². The van der Waals surface area contributed by atoms with Crippen LogP contribution in [0.15, 0.2) is 35.3 Å². The number of fused-ring (bicyclic) bond motifs is 1. The zero-order valence-electron chi connectivity index (χ0n) is 19.0. The second-order valence-electron chi connectivity index (χ2n) is 9.41. The number of nitrogens with one attached hydrogen (secondary N) is 2. The molecule has 1 saturated heterocycles. The van der Waals surface area contributed by atoms with E-state index < -0.39 is 0 Å². The highest BCUT2D eigenvalue weighted by molar-refractivity contribution is 6.08. The summed E-state index contributed by atoms with van der Waals surface area (Å²) in [4.78, 5) is 31.0. The Morgan fingerprint density at radius 1 is 1.09 bits per heavy atom. The molecular weight excluding hydrogens is 400 g/mol. The van der Waals surface area contributed by atoms with Crippen LogP contribution in [0.4, 0.5) is 5.69 Å². The van der Waals surface area contributed by atoms with Crippen molar-refractivity contribution in [3.05, 3.63) is 63.2 Å². The Balaban J connectivity index is 1.50. The van der Waals surface area contributed by atoms with Crippen LogP contribution in [0.1, 0.15) is 71.7 Å². The molecule has 2 aliphatic rings. The lowest BCUT2D eigenvalue weighted by Crippen LogP contribution is -2.28. The van der Waals surface area contributed by atoms with Crippen molar-refractivity contribution in [3.63, 3.8) is 0 Å². The summed E-state index contributed by atoms with van der Waals surface area (Å²) in [6.07, 6.45) is 9.49. The van der Waals surface area contributed by atoms with Crippen molar-refractivity contribution in [2.75, 3.05) is 18.0 Å². The number of aromatic nitrogens is 2. The maximum Gasteiger partial charge on any atom is 0.253 e. The molecule has 2 aromatic heterocycles. The van der Waals surface area contributed by atoms with Gasteiger partial charge in [0, 0.05) is 54.2 Å². The molecule has 2 fully saturated rings. The summed E-state index contributed by atoms with van der Waals surface area (Å²) >= 11 is 0. The van der Waals surface area contributed by atoms with Crippen molar-refractivity contribution in [1.82, 2.24) is 14.9 Å². The molecule has 2 N–H and O–H groups in total. The van der Waals surface area contributed by atoms with Crippen LogP contribution in [0, 0.1) is 13.8 Å². The van der Waals surface area contributed by atoms with Gasteiger partial charge in [0.05, 0.1) is 11.1 Å². The molecule has 0 unspecified atom stereocenters. The van der Waals surface area contributed by atoms with Gasteiger partial charge in [0.15, 0.2) is 0 Å². The Morgan fingerprint density at radius 2 is 1.84 bits per heavy atom. The van der Waals surface area contributed by atoms with Gasteiger partial charge in [-0.25, -0.2) is 0 Å². The van der Waals surface area contributed by atoms with Gasteiger partial charge in [-0.1, -0.05) is 12.8 Å². The molecule has 6 nitrogen and oxygen atoms in total. The predicted octanol–water partition coefficient (Wildman–Crippen LogP) is 4.59. The largest absolute Gasteiger partial charge is 0.371 e. The number of rotatable bonds is 5. The van der Waals surface area contributed by atoms with E-state index in [0.717, 1.165) is 40.9 Å². The number of benzene rings is 1. The Labute approximate surface area is 188 Å². The summed E-state index contributed by atoms with van der Waals surface area (Å²) in [7, 11) is 0. The highest BCUT2D eigenvalue weighted by Crippen LogP contribution is 2.36. The van der Waals surface area contributed by atoms with Crippen LogP contribution in [0.3, 0.4) is 0 Å². The predicted molar refractivity (Wildman–Crippen MR) is 129 cm³/mol. The zero-order chi connectivity index (χ0) is 22.2. The number of aromatic amines is 1. The van der Waals surface area contributed by atoms with E-state index in [2.05, 4.69) is 38.1 Å². The number of hydrogen-bond donors (Lipinski definition) is 2. The number of carbonyl (C=O) groups excluding carboxylic acids is 1. The molecule has 3 heterocycles. The van der Waals surface area contributed by atoms with Crippen molar-refractivity contribution >= 4 is 22.5 Å². The molecule has 6 heteroatoms. The van der Waals surface area contributed by atoms with Crippen LogP contribution in [0.2, 0.25) is 0 Å². The van der Waals surface area contributed by atoms with Crippen molar-refractivity contribution in [1.29, 1.82) is 0 Å². The minimum atomic E-state index is -0.133. The van der Waals surface area contributed by atoms with E-state index in [1.807, 2.05) is 26.0 Å². The first-order chi connectivity index (χ1) is 15.5. The summed E-state index contributed by atoms with van der Waals surface area (Å²) in [5, 5.41) is 4.01. The molecule has 5 rings (SSSR count). The maximum atomic E-state index is 13.4. The van der Waals surface area contributed by atoms with Gasteiger partial charge in [-0.3, -0.25) is 9.59 Å². The molecular formula is C26H32N4O2. The van der Waals surface area contributed by atoms with Gasteiger partial charge < -0.3 is 19.8 Å².